The molecule has 0 radical (unpaired) electrons. The Morgan fingerprint density at radius 1 is 1.15 bits per heavy atom. The van der Waals surface area contributed by atoms with E-state index >= 15 is 0 Å². The Labute approximate surface area is 205 Å². The standard InChI is InChI=1S/C25H32N6O2S/c1-18-7-5-8-19(2)24(18)31-25(26-27-28-31)34-17-23(32)30(16-22-9-6-14-33-22)15-20-10-12-21(13-11-20)29(3)4/h5,7-8,10-13,22H,6,9,14-17H2,1-4H3/t22-/m0/s1. The Morgan fingerprint density at radius 3 is 2.53 bits per heavy atom. The van der Waals surface area contributed by atoms with Crippen molar-refractivity contribution in [2.24, 2.45) is 0 Å². The van der Waals surface area contributed by atoms with Gasteiger partial charge in [-0.15, -0.1) is 5.10 Å². The van der Waals surface area contributed by atoms with Crippen LogP contribution in [0.4, 0.5) is 5.69 Å². The Balaban J connectivity index is 1.47. The second kappa shape index (κ2) is 11.0. The van der Waals surface area contributed by atoms with Gasteiger partial charge in [-0.1, -0.05) is 42.1 Å². The molecule has 1 aliphatic heterocycles. The van der Waals surface area contributed by atoms with Gasteiger partial charge in [0.2, 0.25) is 11.1 Å². The van der Waals surface area contributed by atoms with Gasteiger partial charge >= 0.3 is 0 Å². The molecule has 2 aromatic carbocycles. The maximum atomic E-state index is 13.4. The highest BCUT2D eigenvalue weighted by Crippen LogP contribution is 2.24. The van der Waals surface area contributed by atoms with Crippen molar-refractivity contribution in [3.05, 3.63) is 59.2 Å². The molecule has 1 amide bonds. The zero-order chi connectivity index (χ0) is 24.1. The summed E-state index contributed by atoms with van der Waals surface area (Å²) in [6.45, 7) is 5.98. The molecular weight excluding hydrogens is 448 g/mol. The number of thioether (sulfide) groups is 1. The van der Waals surface area contributed by atoms with Crippen molar-refractivity contribution in [1.29, 1.82) is 0 Å². The predicted molar refractivity (Wildman–Crippen MR) is 135 cm³/mol. The Kier molecular flexibility index (Phi) is 7.84. The van der Waals surface area contributed by atoms with Crippen molar-refractivity contribution in [3.8, 4) is 5.69 Å². The lowest BCUT2D eigenvalue weighted by Crippen LogP contribution is -2.38. The number of carbonyl (C=O) groups excluding carboxylic acids is 1. The topological polar surface area (TPSA) is 76.4 Å². The number of hydrogen-bond donors (Lipinski definition) is 0. The van der Waals surface area contributed by atoms with Crippen molar-refractivity contribution in [2.75, 3.05) is 37.9 Å². The molecule has 180 valence electrons. The zero-order valence-corrected chi connectivity index (χ0v) is 21.1. The lowest BCUT2D eigenvalue weighted by Gasteiger charge is -2.26. The van der Waals surface area contributed by atoms with E-state index in [1.807, 2.05) is 51.0 Å². The molecule has 0 bridgehead atoms. The van der Waals surface area contributed by atoms with Crippen LogP contribution in [0.5, 0.6) is 0 Å². The van der Waals surface area contributed by atoms with Crippen LogP contribution >= 0.6 is 11.8 Å². The van der Waals surface area contributed by atoms with Gasteiger partial charge in [0.25, 0.3) is 0 Å². The number of ether oxygens (including phenoxy) is 1. The average Bonchev–Trinajstić information content (AvgIpc) is 3.49. The number of amides is 1. The van der Waals surface area contributed by atoms with Crippen LogP contribution in [0.25, 0.3) is 5.69 Å². The molecule has 1 atom stereocenters. The molecule has 9 heteroatoms. The Hall–Kier alpha value is -2.91. The van der Waals surface area contributed by atoms with Gasteiger partial charge in [-0.2, -0.15) is 4.68 Å². The Morgan fingerprint density at radius 2 is 1.88 bits per heavy atom. The molecule has 0 unspecified atom stereocenters. The third-order valence-corrected chi connectivity index (χ3v) is 6.95. The van der Waals surface area contributed by atoms with Crippen LogP contribution < -0.4 is 4.90 Å². The van der Waals surface area contributed by atoms with Crippen LogP contribution in [0.2, 0.25) is 0 Å². The summed E-state index contributed by atoms with van der Waals surface area (Å²) < 4.78 is 7.56. The minimum absolute atomic E-state index is 0.0493. The molecule has 4 rings (SSSR count). The number of rotatable bonds is 9. The maximum Gasteiger partial charge on any atom is 0.233 e. The van der Waals surface area contributed by atoms with E-state index in [0.717, 1.165) is 47.5 Å². The van der Waals surface area contributed by atoms with Crippen LogP contribution in [-0.4, -0.2) is 70.1 Å². The van der Waals surface area contributed by atoms with E-state index in [9.17, 15) is 4.79 Å². The molecule has 0 saturated carbocycles. The smallest absolute Gasteiger partial charge is 0.233 e. The fraction of sp³-hybridized carbons (Fsp3) is 0.440. The second-order valence-corrected chi connectivity index (χ2v) is 9.82. The largest absolute Gasteiger partial charge is 0.378 e. The summed E-state index contributed by atoms with van der Waals surface area (Å²) in [5, 5.41) is 12.9. The van der Waals surface area contributed by atoms with Crippen LogP contribution in [0, 0.1) is 13.8 Å². The predicted octanol–water partition coefficient (Wildman–Crippen LogP) is 3.65. The summed E-state index contributed by atoms with van der Waals surface area (Å²) in [6, 6.07) is 14.4. The number of carbonyl (C=O) groups is 1. The number of para-hydroxylation sites is 1. The summed E-state index contributed by atoms with van der Waals surface area (Å²) in [4.78, 5) is 17.3. The zero-order valence-electron chi connectivity index (χ0n) is 20.3. The third kappa shape index (κ3) is 5.77. The summed E-state index contributed by atoms with van der Waals surface area (Å²) in [5.41, 5.74) is 5.36. The SMILES string of the molecule is Cc1cccc(C)c1-n1nnnc1SCC(=O)N(Cc1ccc(N(C)C)cc1)C[C@@H]1CCCO1. The van der Waals surface area contributed by atoms with Crippen molar-refractivity contribution in [3.63, 3.8) is 0 Å². The number of aromatic nitrogens is 4. The minimum atomic E-state index is 0.0493. The van der Waals surface area contributed by atoms with E-state index < -0.39 is 0 Å². The van der Waals surface area contributed by atoms with E-state index in [1.54, 1.807) is 4.68 Å². The van der Waals surface area contributed by atoms with Crippen LogP contribution in [0.1, 0.15) is 29.5 Å². The van der Waals surface area contributed by atoms with Crippen molar-refractivity contribution in [1.82, 2.24) is 25.1 Å². The van der Waals surface area contributed by atoms with E-state index in [2.05, 4.69) is 44.7 Å². The summed E-state index contributed by atoms with van der Waals surface area (Å²) in [6.07, 6.45) is 2.13. The highest BCUT2D eigenvalue weighted by molar-refractivity contribution is 7.99. The van der Waals surface area contributed by atoms with E-state index in [4.69, 9.17) is 4.74 Å². The first-order valence-electron chi connectivity index (χ1n) is 11.6. The molecular formula is C25H32N6O2S. The van der Waals surface area contributed by atoms with Crippen LogP contribution in [0.15, 0.2) is 47.6 Å². The lowest BCUT2D eigenvalue weighted by molar-refractivity contribution is -0.130. The Bertz CT molecular complexity index is 1090. The van der Waals surface area contributed by atoms with Gasteiger partial charge in [0, 0.05) is 39.5 Å². The molecule has 1 aliphatic rings. The third-order valence-electron chi connectivity index (χ3n) is 6.04. The van der Waals surface area contributed by atoms with Crippen molar-refractivity contribution < 1.29 is 9.53 Å². The molecule has 0 spiro atoms. The molecule has 0 aliphatic carbocycles. The first-order chi connectivity index (χ1) is 16.4. The molecule has 0 N–H and O–H groups in total. The van der Waals surface area contributed by atoms with Crippen molar-refractivity contribution in [2.45, 2.75) is 44.5 Å². The van der Waals surface area contributed by atoms with Gasteiger partial charge in [-0.05, 0) is 65.9 Å². The molecule has 8 nitrogen and oxygen atoms in total. The highest BCUT2D eigenvalue weighted by Gasteiger charge is 2.24. The number of benzene rings is 2. The minimum Gasteiger partial charge on any atom is -0.378 e. The summed E-state index contributed by atoms with van der Waals surface area (Å²) in [7, 11) is 4.04. The van der Waals surface area contributed by atoms with E-state index in [1.165, 1.54) is 11.8 Å². The number of anilines is 1. The summed E-state index contributed by atoms with van der Waals surface area (Å²) >= 11 is 1.37. The molecule has 1 saturated heterocycles. The number of aryl methyl sites for hydroxylation is 2. The lowest BCUT2D eigenvalue weighted by atomic mass is 10.1. The quantitative estimate of drug-likeness (QED) is 0.433. The van der Waals surface area contributed by atoms with Gasteiger partial charge in [-0.3, -0.25) is 4.79 Å². The molecule has 3 aromatic rings. The first-order valence-corrected chi connectivity index (χ1v) is 12.5. The maximum absolute atomic E-state index is 13.4. The first kappa shape index (κ1) is 24.2. The van der Waals surface area contributed by atoms with E-state index in [-0.39, 0.29) is 17.8 Å². The van der Waals surface area contributed by atoms with Crippen molar-refractivity contribution >= 4 is 23.4 Å². The number of nitrogens with zero attached hydrogens (tertiary/aromatic N) is 6. The molecule has 1 aromatic heterocycles. The van der Waals surface area contributed by atoms with Gasteiger partial charge in [0.1, 0.15) is 0 Å². The fourth-order valence-electron chi connectivity index (χ4n) is 4.18. The second-order valence-electron chi connectivity index (χ2n) is 8.87. The fourth-order valence-corrected chi connectivity index (χ4v) is 4.95. The van der Waals surface area contributed by atoms with Gasteiger partial charge in [-0.25, -0.2) is 0 Å². The van der Waals surface area contributed by atoms with Gasteiger partial charge in [0.05, 0.1) is 17.5 Å². The van der Waals surface area contributed by atoms with Crippen LogP contribution in [-0.2, 0) is 16.1 Å². The van der Waals surface area contributed by atoms with E-state index in [0.29, 0.717) is 18.2 Å². The van der Waals surface area contributed by atoms with Crippen LogP contribution in [0.3, 0.4) is 0 Å². The average molecular weight is 481 g/mol. The molecule has 34 heavy (non-hydrogen) atoms. The molecule has 2 heterocycles. The number of tetrazole rings is 1. The van der Waals surface area contributed by atoms with Gasteiger partial charge < -0.3 is 14.5 Å². The number of hydrogen-bond acceptors (Lipinski definition) is 7. The highest BCUT2D eigenvalue weighted by atomic mass is 32.2. The molecule has 1 fully saturated rings. The van der Waals surface area contributed by atoms with Gasteiger partial charge in [0.15, 0.2) is 0 Å². The monoisotopic (exact) mass is 480 g/mol. The summed E-state index contributed by atoms with van der Waals surface area (Å²) in [5.74, 6) is 0.307. The normalized spacial score (nSPS) is 15.5.